The molecule has 1 aromatic heterocycles. The summed E-state index contributed by atoms with van der Waals surface area (Å²) in [6, 6.07) is 14.0. The van der Waals surface area contributed by atoms with Crippen molar-refractivity contribution in [2.45, 2.75) is 6.54 Å². The summed E-state index contributed by atoms with van der Waals surface area (Å²) in [7, 11) is 1.66. The molecule has 0 saturated carbocycles. The Morgan fingerprint density at radius 1 is 1.13 bits per heavy atom. The highest BCUT2D eigenvalue weighted by Gasteiger charge is 2.18. The zero-order valence-corrected chi connectivity index (χ0v) is 12.9. The smallest absolute Gasteiger partial charge is 0.140 e. The summed E-state index contributed by atoms with van der Waals surface area (Å²) >= 11 is 0. The Morgan fingerprint density at radius 2 is 2.04 bits per heavy atom. The van der Waals surface area contributed by atoms with E-state index >= 15 is 0 Å². The predicted molar refractivity (Wildman–Crippen MR) is 89.1 cm³/mol. The summed E-state index contributed by atoms with van der Waals surface area (Å²) in [6.45, 7) is 2.19. The van der Waals surface area contributed by atoms with Crippen molar-refractivity contribution < 1.29 is 9.47 Å². The number of hydrogen-bond donors (Lipinski definition) is 0. The minimum Gasteiger partial charge on any atom is -0.497 e. The van der Waals surface area contributed by atoms with Crippen LogP contribution in [0.15, 0.2) is 48.8 Å². The molecule has 2 aromatic carbocycles. The van der Waals surface area contributed by atoms with Crippen LogP contribution in [-0.4, -0.2) is 30.2 Å². The summed E-state index contributed by atoms with van der Waals surface area (Å²) < 4.78 is 11.1. The summed E-state index contributed by atoms with van der Waals surface area (Å²) in [5.41, 5.74) is 2.05. The van der Waals surface area contributed by atoms with Crippen LogP contribution < -0.4 is 14.4 Å². The van der Waals surface area contributed by atoms with E-state index in [0.717, 1.165) is 41.3 Å². The van der Waals surface area contributed by atoms with E-state index in [2.05, 4.69) is 20.9 Å². The first-order valence-corrected chi connectivity index (χ1v) is 7.59. The lowest BCUT2D eigenvalue weighted by Gasteiger charge is -2.22. The number of rotatable bonds is 2. The van der Waals surface area contributed by atoms with E-state index in [1.807, 2.05) is 36.4 Å². The number of ether oxygens (including phenoxy) is 2. The monoisotopic (exact) mass is 307 g/mol. The van der Waals surface area contributed by atoms with E-state index in [4.69, 9.17) is 9.47 Å². The van der Waals surface area contributed by atoms with Crippen LogP contribution in [0.2, 0.25) is 0 Å². The van der Waals surface area contributed by atoms with Gasteiger partial charge in [0.1, 0.15) is 30.3 Å². The van der Waals surface area contributed by atoms with Crippen molar-refractivity contribution in [3.63, 3.8) is 0 Å². The molecule has 0 unspecified atom stereocenters. The molecule has 0 N–H and O–H groups in total. The fourth-order valence-electron chi connectivity index (χ4n) is 2.91. The maximum absolute atomic E-state index is 5.84. The standard InChI is InChI=1S/C18H17N3O2/c1-22-14-6-7-15-16(10-14)19-12-20-18(15)21-8-9-23-17-5-3-2-4-13(17)11-21/h2-7,10,12H,8-9,11H2,1H3. The van der Waals surface area contributed by atoms with Gasteiger partial charge in [0, 0.05) is 23.6 Å². The van der Waals surface area contributed by atoms with Crippen LogP contribution in [0, 0.1) is 0 Å². The second-order valence-corrected chi connectivity index (χ2v) is 5.46. The number of nitrogens with zero attached hydrogens (tertiary/aromatic N) is 3. The summed E-state index contributed by atoms with van der Waals surface area (Å²) in [6.07, 6.45) is 1.61. The zero-order valence-electron chi connectivity index (χ0n) is 12.9. The maximum atomic E-state index is 5.84. The summed E-state index contributed by atoms with van der Waals surface area (Å²) in [5.74, 6) is 2.68. The molecule has 1 aliphatic heterocycles. The lowest BCUT2D eigenvalue weighted by molar-refractivity contribution is 0.331. The lowest BCUT2D eigenvalue weighted by Crippen LogP contribution is -2.26. The van der Waals surface area contributed by atoms with Crippen LogP contribution in [-0.2, 0) is 6.54 Å². The van der Waals surface area contributed by atoms with Crippen molar-refractivity contribution in [1.29, 1.82) is 0 Å². The van der Waals surface area contributed by atoms with Crippen molar-refractivity contribution in [3.8, 4) is 11.5 Å². The quantitative estimate of drug-likeness (QED) is 0.728. The highest BCUT2D eigenvalue weighted by Crippen LogP contribution is 2.30. The van der Waals surface area contributed by atoms with Crippen molar-refractivity contribution in [2.75, 3.05) is 25.2 Å². The van der Waals surface area contributed by atoms with Crippen LogP contribution in [0.3, 0.4) is 0 Å². The zero-order chi connectivity index (χ0) is 15.6. The molecule has 0 atom stereocenters. The fourth-order valence-corrected chi connectivity index (χ4v) is 2.91. The third-order valence-electron chi connectivity index (χ3n) is 4.07. The first-order chi connectivity index (χ1) is 11.3. The van der Waals surface area contributed by atoms with E-state index in [9.17, 15) is 0 Å². The van der Waals surface area contributed by atoms with Crippen molar-refractivity contribution >= 4 is 16.7 Å². The van der Waals surface area contributed by atoms with Gasteiger partial charge in [-0.05, 0) is 18.2 Å². The Bertz CT molecular complexity index is 851. The molecule has 0 fully saturated rings. The Morgan fingerprint density at radius 3 is 2.96 bits per heavy atom. The molecule has 23 heavy (non-hydrogen) atoms. The minimum absolute atomic E-state index is 0.638. The largest absolute Gasteiger partial charge is 0.497 e. The van der Waals surface area contributed by atoms with Gasteiger partial charge in [-0.3, -0.25) is 0 Å². The van der Waals surface area contributed by atoms with E-state index < -0.39 is 0 Å². The molecule has 0 radical (unpaired) electrons. The molecule has 5 nitrogen and oxygen atoms in total. The summed E-state index contributed by atoms with van der Waals surface area (Å²) in [5, 5.41) is 1.02. The number of anilines is 1. The highest BCUT2D eigenvalue weighted by atomic mass is 16.5. The van der Waals surface area contributed by atoms with Gasteiger partial charge in [0.2, 0.25) is 0 Å². The number of aromatic nitrogens is 2. The van der Waals surface area contributed by atoms with Gasteiger partial charge in [-0.15, -0.1) is 0 Å². The Hall–Kier alpha value is -2.82. The molecule has 0 spiro atoms. The average Bonchev–Trinajstić information content (AvgIpc) is 2.83. The Labute approximate surface area is 134 Å². The lowest BCUT2D eigenvalue weighted by atomic mass is 10.1. The molecule has 0 aliphatic carbocycles. The molecule has 0 saturated heterocycles. The van der Waals surface area contributed by atoms with E-state index in [1.54, 1.807) is 13.4 Å². The molecule has 2 heterocycles. The van der Waals surface area contributed by atoms with Gasteiger partial charge in [-0.25, -0.2) is 9.97 Å². The molecule has 0 amide bonds. The maximum Gasteiger partial charge on any atom is 0.140 e. The van der Waals surface area contributed by atoms with Crippen LogP contribution >= 0.6 is 0 Å². The van der Waals surface area contributed by atoms with Crippen molar-refractivity contribution in [2.24, 2.45) is 0 Å². The molecular formula is C18H17N3O2. The fraction of sp³-hybridized carbons (Fsp3) is 0.222. The third-order valence-corrected chi connectivity index (χ3v) is 4.07. The first-order valence-electron chi connectivity index (χ1n) is 7.59. The van der Waals surface area contributed by atoms with E-state index in [-0.39, 0.29) is 0 Å². The highest BCUT2D eigenvalue weighted by molar-refractivity contribution is 5.90. The van der Waals surface area contributed by atoms with Crippen LogP contribution in [0.4, 0.5) is 5.82 Å². The van der Waals surface area contributed by atoms with Gasteiger partial charge in [0.25, 0.3) is 0 Å². The van der Waals surface area contributed by atoms with E-state index in [0.29, 0.717) is 6.61 Å². The van der Waals surface area contributed by atoms with Crippen LogP contribution in [0.1, 0.15) is 5.56 Å². The van der Waals surface area contributed by atoms with Crippen LogP contribution in [0.5, 0.6) is 11.5 Å². The molecule has 5 heteroatoms. The van der Waals surface area contributed by atoms with Crippen molar-refractivity contribution in [3.05, 3.63) is 54.4 Å². The molecule has 116 valence electrons. The molecular weight excluding hydrogens is 290 g/mol. The molecule has 3 aromatic rings. The van der Waals surface area contributed by atoms with Crippen LogP contribution in [0.25, 0.3) is 10.9 Å². The van der Waals surface area contributed by atoms with Gasteiger partial charge >= 0.3 is 0 Å². The van der Waals surface area contributed by atoms with E-state index in [1.165, 1.54) is 5.56 Å². The second-order valence-electron chi connectivity index (χ2n) is 5.46. The number of benzene rings is 2. The second kappa shape index (κ2) is 5.76. The van der Waals surface area contributed by atoms with Gasteiger partial charge in [-0.2, -0.15) is 0 Å². The topological polar surface area (TPSA) is 47.5 Å². The number of fused-ring (bicyclic) bond motifs is 2. The molecule has 0 bridgehead atoms. The van der Waals surface area contributed by atoms with Gasteiger partial charge in [-0.1, -0.05) is 18.2 Å². The first kappa shape index (κ1) is 13.8. The Balaban J connectivity index is 1.77. The Kier molecular flexibility index (Phi) is 3.46. The normalized spacial score (nSPS) is 14.0. The summed E-state index contributed by atoms with van der Waals surface area (Å²) in [4.78, 5) is 11.1. The SMILES string of the molecule is COc1ccc2c(N3CCOc4ccccc4C3)ncnc2c1. The molecule has 1 aliphatic rings. The van der Waals surface area contributed by atoms with Gasteiger partial charge in [0.15, 0.2) is 0 Å². The number of para-hydroxylation sites is 1. The van der Waals surface area contributed by atoms with Gasteiger partial charge < -0.3 is 14.4 Å². The average molecular weight is 307 g/mol. The molecule has 4 rings (SSSR count). The third kappa shape index (κ3) is 2.54. The minimum atomic E-state index is 0.638. The predicted octanol–water partition coefficient (Wildman–Crippen LogP) is 3.04. The number of methoxy groups -OCH3 is 1. The van der Waals surface area contributed by atoms with Crippen molar-refractivity contribution in [1.82, 2.24) is 9.97 Å². The number of hydrogen-bond acceptors (Lipinski definition) is 5. The van der Waals surface area contributed by atoms with Gasteiger partial charge in [0.05, 0.1) is 19.2 Å².